The number of hydrogen-bond acceptors (Lipinski definition) is 0. The number of benzene rings is 3. The maximum atomic E-state index is 4.35. The first kappa shape index (κ1) is 18.0. The maximum absolute atomic E-state index is 4.35. The molecular weight excluding hydrogens is 288 g/mol. The highest BCUT2D eigenvalue weighted by atomic mass is 14.3. The highest BCUT2D eigenvalue weighted by molar-refractivity contribution is 6.10. The average Bonchev–Trinajstić information content (AvgIpc) is 2.90. The van der Waals surface area contributed by atoms with E-state index in [1.807, 2.05) is 27.7 Å². The molecule has 24 heavy (non-hydrogen) atoms. The van der Waals surface area contributed by atoms with Crippen molar-refractivity contribution in [3.8, 4) is 11.1 Å². The lowest BCUT2D eigenvalue weighted by molar-refractivity contribution is 1.46. The lowest BCUT2D eigenvalue weighted by Gasteiger charge is -2.07. The van der Waals surface area contributed by atoms with Crippen LogP contribution in [0.3, 0.4) is 0 Å². The van der Waals surface area contributed by atoms with Crippen molar-refractivity contribution in [2.75, 3.05) is 0 Å². The standard InChI is InChI=1S/C20H16.2C2H6/c1-12-4-7-16-15(10-12)6-9-18-17-8-5-13(2)11-19(17)14(3)20(16)18;2*1-2/h4-11H,3H2,1-2H3;2*1-2H3. The van der Waals surface area contributed by atoms with E-state index in [1.54, 1.807) is 0 Å². The average molecular weight is 316 g/mol. The van der Waals surface area contributed by atoms with E-state index in [-0.39, 0.29) is 0 Å². The molecule has 0 fully saturated rings. The molecule has 1 aliphatic carbocycles. The Labute approximate surface area is 146 Å². The van der Waals surface area contributed by atoms with Gasteiger partial charge in [-0.3, -0.25) is 0 Å². The number of hydrogen-bond donors (Lipinski definition) is 0. The molecule has 0 atom stereocenters. The topological polar surface area (TPSA) is 0 Å². The van der Waals surface area contributed by atoms with Gasteiger partial charge in [0.05, 0.1) is 0 Å². The van der Waals surface area contributed by atoms with Crippen molar-refractivity contribution in [2.45, 2.75) is 41.5 Å². The Morgan fingerprint density at radius 3 is 1.92 bits per heavy atom. The van der Waals surface area contributed by atoms with Crippen molar-refractivity contribution in [3.63, 3.8) is 0 Å². The first-order chi connectivity index (χ1) is 11.6. The summed E-state index contributed by atoms with van der Waals surface area (Å²) >= 11 is 0. The molecule has 0 aromatic heterocycles. The lowest BCUT2D eigenvalue weighted by atomic mass is 9.96. The fourth-order valence-electron chi connectivity index (χ4n) is 3.28. The van der Waals surface area contributed by atoms with Gasteiger partial charge in [-0.05, 0) is 52.4 Å². The Hall–Kier alpha value is -2.34. The Morgan fingerprint density at radius 1 is 0.625 bits per heavy atom. The van der Waals surface area contributed by atoms with E-state index in [9.17, 15) is 0 Å². The van der Waals surface area contributed by atoms with E-state index in [1.165, 1.54) is 44.2 Å². The molecule has 0 heterocycles. The summed E-state index contributed by atoms with van der Waals surface area (Å²) < 4.78 is 0. The van der Waals surface area contributed by atoms with Crippen LogP contribution < -0.4 is 0 Å². The number of fused-ring (bicyclic) bond motifs is 5. The van der Waals surface area contributed by atoms with Gasteiger partial charge in [-0.25, -0.2) is 0 Å². The molecular formula is C24H28. The summed E-state index contributed by atoms with van der Waals surface area (Å²) in [5.41, 5.74) is 8.98. The zero-order valence-electron chi connectivity index (χ0n) is 15.8. The van der Waals surface area contributed by atoms with Crippen LogP contribution >= 0.6 is 0 Å². The maximum Gasteiger partial charge on any atom is -0.00263 e. The quantitative estimate of drug-likeness (QED) is 0.314. The van der Waals surface area contributed by atoms with Crippen molar-refractivity contribution in [1.82, 2.24) is 0 Å². The minimum absolute atomic E-state index is 1.16. The third-order valence-corrected chi connectivity index (χ3v) is 4.27. The minimum atomic E-state index is 1.16. The number of rotatable bonds is 0. The Bertz CT molecular complexity index is 882. The molecule has 1 aliphatic rings. The molecule has 0 nitrogen and oxygen atoms in total. The van der Waals surface area contributed by atoms with E-state index in [4.69, 9.17) is 0 Å². The zero-order chi connectivity index (χ0) is 17.9. The molecule has 0 saturated heterocycles. The van der Waals surface area contributed by atoms with Crippen molar-refractivity contribution < 1.29 is 0 Å². The molecule has 0 radical (unpaired) electrons. The van der Waals surface area contributed by atoms with E-state index in [0.29, 0.717) is 0 Å². The molecule has 0 amide bonds. The third-order valence-electron chi connectivity index (χ3n) is 4.27. The van der Waals surface area contributed by atoms with E-state index in [2.05, 4.69) is 69.0 Å². The molecule has 0 saturated carbocycles. The summed E-state index contributed by atoms with van der Waals surface area (Å²) in [6.07, 6.45) is 0. The van der Waals surface area contributed by atoms with Crippen molar-refractivity contribution in [3.05, 3.63) is 77.4 Å². The highest BCUT2D eigenvalue weighted by Crippen LogP contribution is 2.46. The second-order valence-electron chi connectivity index (χ2n) is 5.74. The van der Waals surface area contributed by atoms with Crippen molar-refractivity contribution in [1.29, 1.82) is 0 Å². The van der Waals surface area contributed by atoms with Gasteiger partial charge >= 0.3 is 0 Å². The molecule has 0 heteroatoms. The van der Waals surface area contributed by atoms with Crippen LogP contribution in [0.1, 0.15) is 49.9 Å². The number of aryl methyl sites for hydroxylation is 2. The highest BCUT2D eigenvalue weighted by Gasteiger charge is 2.23. The van der Waals surface area contributed by atoms with Crippen LogP contribution in [0.15, 0.2) is 55.1 Å². The first-order valence-electron chi connectivity index (χ1n) is 8.99. The SMILES string of the molecule is C=C1c2cc(C)ccc2-c2ccc3cc(C)ccc3c21.CC.CC. The fraction of sp³-hybridized carbons (Fsp3) is 0.250. The van der Waals surface area contributed by atoms with Gasteiger partial charge < -0.3 is 0 Å². The molecule has 0 bridgehead atoms. The largest absolute Gasteiger partial charge is 0.0905 e. The lowest BCUT2D eigenvalue weighted by Crippen LogP contribution is -1.84. The van der Waals surface area contributed by atoms with Gasteiger partial charge in [0.2, 0.25) is 0 Å². The molecule has 0 N–H and O–H groups in total. The second kappa shape index (κ2) is 7.49. The predicted molar refractivity (Wildman–Crippen MR) is 110 cm³/mol. The zero-order valence-corrected chi connectivity index (χ0v) is 15.8. The van der Waals surface area contributed by atoms with Crippen molar-refractivity contribution in [2.24, 2.45) is 0 Å². The van der Waals surface area contributed by atoms with Gasteiger partial charge in [0.1, 0.15) is 0 Å². The summed E-state index contributed by atoms with van der Waals surface area (Å²) in [4.78, 5) is 0. The normalized spacial score (nSPS) is 11.0. The van der Waals surface area contributed by atoms with Crippen LogP contribution in [0, 0.1) is 13.8 Å². The Balaban J connectivity index is 0.000000487. The third kappa shape index (κ3) is 2.89. The van der Waals surface area contributed by atoms with Gasteiger partial charge in [0.15, 0.2) is 0 Å². The molecule has 3 aromatic rings. The van der Waals surface area contributed by atoms with Crippen LogP contribution in [0.4, 0.5) is 0 Å². The molecule has 0 unspecified atom stereocenters. The molecule has 3 aromatic carbocycles. The molecule has 0 spiro atoms. The van der Waals surface area contributed by atoms with Gasteiger partial charge in [0.25, 0.3) is 0 Å². The summed E-state index contributed by atoms with van der Waals surface area (Å²) in [6.45, 7) is 16.6. The van der Waals surface area contributed by atoms with E-state index in [0.717, 1.165) is 5.57 Å². The monoisotopic (exact) mass is 316 g/mol. The minimum Gasteiger partial charge on any atom is -0.0905 e. The van der Waals surface area contributed by atoms with Gasteiger partial charge in [-0.2, -0.15) is 0 Å². The fourth-order valence-corrected chi connectivity index (χ4v) is 3.28. The Kier molecular flexibility index (Phi) is 5.62. The van der Waals surface area contributed by atoms with Crippen LogP contribution in [-0.4, -0.2) is 0 Å². The first-order valence-corrected chi connectivity index (χ1v) is 8.99. The van der Waals surface area contributed by atoms with Crippen LogP contribution in [0.25, 0.3) is 27.5 Å². The summed E-state index contributed by atoms with van der Waals surface area (Å²) in [6, 6.07) is 17.8. The van der Waals surface area contributed by atoms with Crippen LogP contribution in [0.2, 0.25) is 0 Å². The second-order valence-corrected chi connectivity index (χ2v) is 5.74. The Morgan fingerprint density at radius 2 is 1.21 bits per heavy atom. The predicted octanol–water partition coefficient (Wildman–Crippen LogP) is 7.55. The molecule has 124 valence electrons. The molecule has 4 rings (SSSR count). The van der Waals surface area contributed by atoms with Gasteiger partial charge in [-0.15, -0.1) is 0 Å². The van der Waals surface area contributed by atoms with Crippen LogP contribution in [-0.2, 0) is 0 Å². The van der Waals surface area contributed by atoms with Gasteiger partial charge in [-0.1, -0.05) is 93.9 Å². The van der Waals surface area contributed by atoms with E-state index < -0.39 is 0 Å². The van der Waals surface area contributed by atoms with Crippen molar-refractivity contribution >= 4 is 16.3 Å². The van der Waals surface area contributed by atoms with Gasteiger partial charge in [0, 0.05) is 0 Å². The summed E-state index contributed by atoms with van der Waals surface area (Å²) in [7, 11) is 0. The molecule has 0 aliphatic heterocycles. The smallest absolute Gasteiger partial charge is 0.00263 e. The van der Waals surface area contributed by atoms with E-state index >= 15 is 0 Å². The summed E-state index contributed by atoms with van der Waals surface area (Å²) in [5, 5.41) is 2.61. The van der Waals surface area contributed by atoms with Crippen LogP contribution in [0.5, 0.6) is 0 Å². The summed E-state index contributed by atoms with van der Waals surface area (Å²) in [5.74, 6) is 0.